The number of ether oxygens (including phenoxy) is 1. The zero-order valence-electron chi connectivity index (χ0n) is 17.5. The van der Waals surface area contributed by atoms with Crippen LogP contribution in [0.3, 0.4) is 0 Å². The minimum absolute atomic E-state index is 0.0494. The highest BCUT2D eigenvalue weighted by atomic mass is 35.5. The van der Waals surface area contributed by atoms with E-state index in [-0.39, 0.29) is 18.9 Å². The smallest absolute Gasteiger partial charge is 0.227 e. The third-order valence-corrected chi connectivity index (χ3v) is 5.44. The number of methoxy groups -OCH3 is 1. The van der Waals surface area contributed by atoms with Crippen LogP contribution in [0.4, 0.5) is 0 Å². The molecule has 0 unspecified atom stereocenters. The van der Waals surface area contributed by atoms with Crippen LogP contribution in [0.2, 0.25) is 5.02 Å². The van der Waals surface area contributed by atoms with Crippen molar-refractivity contribution in [1.29, 1.82) is 0 Å². The normalized spacial score (nSPS) is 10.9. The van der Waals surface area contributed by atoms with Crippen molar-refractivity contribution in [3.63, 3.8) is 0 Å². The summed E-state index contributed by atoms with van der Waals surface area (Å²) < 4.78 is 11.2. The van der Waals surface area contributed by atoms with Crippen molar-refractivity contribution in [2.24, 2.45) is 0 Å². The van der Waals surface area contributed by atoms with Crippen LogP contribution in [0.5, 0.6) is 5.75 Å². The SMILES string of the molecule is COc1cccc(CC(=O)N(Cc2nc3cc(C)ccc3o2)Cc2ccccc2Cl)c1. The van der Waals surface area contributed by atoms with E-state index in [1.54, 1.807) is 12.0 Å². The van der Waals surface area contributed by atoms with Crippen LogP contribution >= 0.6 is 11.6 Å². The second-order valence-corrected chi connectivity index (χ2v) is 7.86. The van der Waals surface area contributed by atoms with E-state index in [0.29, 0.717) is 23.0 Å². The number of amides is 1. The van der Waals surface area contributed by atoms with Gasteiger partial charge in [-0.3, -0.25) is 4.79 Å². The number of carbonyl (C=O) groups is 1. The van der Waals surface area contributed by atoms with Gasteiger partial charge in [0, 0.05) is 11.6 Å². The molecule has 158 valence electrons. The first-order valence-electron chi connectivity index (χ1n) is 10.0. The minimum Gasteiger partial charge on any atom is -0.497 e. The van der Waals surface area contributed by atoms with Crippen molar-refractivity contribution in [3.05, 3.63) is 94.3 Å². The molecule has 0 aliphatic rings. The largest absolute Gasteiger partial charge is 0.497 e. The maximum absolute atomic E-state index is 13.3. The number of aryl methyl sites for hydroxylation is 1. The van der Waals surface area contributed by atoms with E-state index in [9.17, 15) is 4.79 Å². The number of hydrogen-bond donors (Lipinski definition) is 0. The highest BCUT2D eigenvalue weighted by Gasteiger charge is 2.19. The molecule has 0 N–H and O–H groups in total. The maximum atomic E-state index is 13.3. The zero-order valence-corrected chi connectivity index (χ0v) is 18.2. The third kappa shape index (κ3) is 5.06. The first-order valence-corrected chi connectivity index (χ1v) is 10.4. The number of nitrogens with zero attached hydrogens (tertiary/aromatic N) is 2. The number of halogens is 1. The number of fused-ring (bicyclic) bond motifs is 1. The van der Waals surface area contributed by atoms with Crippen LogP contribution in [0.25, 0.3) is 11.1 Å². The molecule has 4 aromatic rings. The molecule has 1 heterocycles. The number of aromatic nitrogens is 1. The van der Waals surface area contributed by atoms with E-state index < -0.39 is 0 Å². The Bertz CT molecular complexity index is 1220. The minimum atomic E-state index is -0.0494. The van der Waals surface area contributed by atoms with Gasteiger partial charge in [0.15, 0.2) is 5.58 Å². The molecule has 0 saturated carbocycles. The number of oxazole rings is 1. The number of hydrogen-bond acceptors (Lipinski definition) is 4. The Balaban J connectivity index is 1.61. The highest BCUT2D eigenvalue weighted by Crippen LogP contribution is 2.22. The van der Waals surface area contributed by atoms with E-state index >= 15 is 0 Å². The van der Waals surface area contributed by atoms with Crippen molar-refractivity contribution in [1.82, 2.24) is 9.88 Å². The maximum Gasteiger partial charge on any atom is 0.227 e. The van der Waals surface area contributed by atoms with Crippen molar-refractivity contribution < 1.29 is 13.9 Å². The van der Waals surface area contributed by atoms with Gasteiger partial charge in [0.25, 0.3) is 0 Å². The van der Waals surface area contributed by atoms with Gasteiger partial charge >= 0.3 is 0 Å². The molecule has 0 aliphatic carbocycles. The van der Waals surface area contributed by atoms with Gasteiger partial charge in [-0.2, -0.15) is 0 Å². The van der Waals surface area contributed by atoms with Crippen molar-refractivity contribution in [2.45, 2.75) is 26.4 Å². The van der Waals surface area contributed by atoms with E-state index in [1.807, 2.05) is 73.7 Å². The van der Waals surface area contributed by atoms with E-state index in [4.69, 9.17) is 20.8 Å². The van der Waals surface area contributed by atoms with Crippen LogP contribution < -0.4 is 4.74 Å². The summed E-state index contributed by atoms with van der Waals surface area (Å²) in [7, 11) is 1.61. The molecule has 3 aromatic carbocycles. The van der Waals surface area contributed by atoms with Crippen LogP contribution in [-0.2, 0) is 24.3 Å². The monoisotopic (exact) mass is 434 g/mol. The predicted octanol–water partition coefficient (Wildman–Crippen LogP) is 5.57. The summed E-state index contributed by atoms with van der Waals surface area (Å²) in [6.07, 6.45) is 0.237. The molecule has 5 nitrogen and oxygen atoms in total. The predicted molar refractivity (Wildman–Crippen MR) is 121 cm³/mol. The Kier molecular flexibility index (Phi) is 6.23. The van der Waals surface area contributed by atoms with Crippen LogP contribution in [0.15, 0.2) is 71.1 Å². The van der Waals surface area contributed by atoms with Gasteiger partial charge in [-0.1, -0.05) is 48.0 Å². The average Bonchev–Trinajstić information content (AvgIpc) is 3.16. The average molecular weight is 435 g/mol. The molecule has 0 atom stereocenters. The number of rotatable bonds is 7. The summed E-state index contributed by atoms with van der Waals surface area (Å²) in [5, 5.41) is 0.620. The highest BCUT2D eigenvalue weighted by molar-refractivity contribution is 6.31. The Hall–Kier alpha value is -3.31. The quantitative estimate of drug-likeness (QED) is 0.381. The lowest BCUT2D eigenvalue weighted by Gasteiger charge is -2.22. The molecule has 0 fully saturated rings. The molecule has 4 rings (SSSR count). The first-order chi connectivity index (χ1) is 15.0. The fraction of sp³-hybridized carbons (Fsp3) is 0.200. The van der Waals surface area contributed by atoms with Crippen LogP contribution in [0, 0.1) is 6.92 Å². The van der Waals surface area contributed by atoms with Gasteiger partial charge in [0.2, 0.25) is 11.8 Å². The molecule has 1 aromatic heterocycles. The van der Waals surface area contributed by atoms with Crippen molar-refractivity contribution in [3.8, 4) is 5.75 Å². The fourth-order valence-corrected chi connectivity index (χ4v) is 3.64. The fourth-order valence-electron chi connectivity index (χ4n) is 3.45. The summed E-state index contributed by atoms with van der Waals surface area (Å²) in [6, 6.07) is 20.9. The molecule has 6 heteroatoms. The van der Waals surface area contributed by atoms with Gasteiger partial charge in [-0.05, 0) is 53.9 Å². The molecular formula is C25H23ClN2O3. The molecule has 31 heavy (non-hydrogen) atoms. The van der Waals surface area contributed by atoms with Crippen LogP contribution in [0.1, 0.15) is 22.6 Å². The summed E-state index contributed by atoms with van der Waals surface area (Å²) in [4.78, 5) is 19.6. The van der Waals surface area contributed by atoms with Crippen LogP contribution in [-0.4, -0.2) is 22.9 Å². The van der Waals surface area contributed by atoms with Crippen molar-refractivity contribution in [2.75, 3.05) is 7.11 Å². The van der Waals surface area contributed by atoms with Gasteiger partial charge in [0.05, 0.1) is 20.1 Å². The third-order valence-electron chi connectivity index (χ3n) is 5.07. The van der Waals surface area contributed by atoms with E-state index in [2.05, 4.69) is 4.98 Å². The Morgan fingerprint density at radius 2 is 1.90 bits per heavy atom. The summed E-state index contributed by atoms with van der Waals surface area (Å²) in [5.74, 6) is 1.16. The van der Waals surface area contributed by atoms with Crippen molar-refractivity contribution >= 4 is 28.6 Å². The molecule has 1 amide bonds. The summed E-state index contributed by atoms with van der Waals surface area (Å²) >= 11 is 6.36. The van der Waals surface area contributed by atoms with Gasteiger partial charge < -0.3 is 14.1 Å². The number of benzene rings is 3. The lowest BCUT2D eigenvalue weighted by molar-refractivity contribution is -0.132. The van der Waals surface area contributed by atoms with Gasteiger partial charge in [-0.25, -0.2) is 4.98 Å². The van der Waals surface area contributed by atoms with E-state index in [1.165, 1.54) is 0 Å². The topological polar surface area (TPSA) is 55.6 Å². The Morgan fingerprint density at radius 1 is 1.06 bits per heavy atom. The standard InChI is InChI=1S/C25H23ClN2O3/c1-17-10-11-23-22(12-17)27-24(31-23)16-28(15-19-7-3-4-9-21(19)26)25(29)14-18-6-5-8-20(13-18)30-2/h3-13H,14-16H2,1-2H3. The summed E-state index contributed by atoms with van der Waals surface area (Å²) in [6.45, 7) is 2.62. The molecule has 0 saturated heterocycles. The molecule has 0 radical (unpaired) electrons. The Labute approximate surface area is 186 Å². The Morgan fingerprint density at radius 3 is 2.71 bits per heavy atom. The van der Waals surface area contributed by atoms with E-state index in [0.717, 1.165) is 28.0 Å². The second kappa shape index (κ2) is 9.23. The molecular weight excluding hydrogens is 412 g/mol. The molecule has 0 spiro atoms. The second-order valence-electron chi connectivity index (χ2n) is 7.45. The lowest BCUT2D eigenvalue weighted by atomic mass is 10.1. The lowest BCUT2D eigenvalue weighted by Crippen LogP contribution is -2.31. The first kappa shape index (κ1) is 20.9. The van der Waals surface area contributed by atoms with Gasteiger partial charge in [-0.15, -0.1) is 0 Å². The molecule has 0 bridgehead atoms. The zero-order chi connectivity index (χ0) is 21.8. The van der Waals surface area contributed by atoms with Gasteiger partial charge in [0.1, 0.15) is 11.3 Å². The summed E-state index contributed by atoms with van der Waals surface area (Å²) in [5.41, 5.74) is 4.35. The number of carbonyl (C=O) groups excluding carboxylic acids is 1. The molecule has 0 aliphatic heterocycles.